The van der Waals surface area contributed by atoms with Gasteiger partial charge in [0.15, 0.2) is 0 Å². The molecule has 0 heterocycles. The van der Waals surface area contributed by atoms with Gasteiger partial charge in [0, 0.05) is 23.8 Å². The van der Waals surface area contributed by atoms with Crippen LogP contribution in [0.2, 0.25) is 0 Å². The van der Waals surface area contributed by atoms with Gasteiger partial charge >= 0.3 is 0 Å². The van der Waals surface area contributed by atoms with E-state index in [1.165, 1.54) is 5.56 Å². The first kappa shape index (κ1) is 12.7. The molecule has 2 rings (SSSR count). The van der Waals surface area contributed by atoms with Crippen LogP contribution in [0.4, 0.5) is 5.69 Å². The standard InChI is InChI=1S/C15H13BrN2/c1-18(11-13-3-2-4-14(16)9-13)15-7-5-12(10-17)6-8-15/h2-9H,11H2,1H3. The molecule has 0 N–H and O–H groups in total. The lowest BCUT2D eigenvalue weighted by molar-refractivity contribution is 0.922. The smallest absolute Gasteiger partial charge is 0.0991 e. The summed E-state index contributed by atoms with van der Waals surface area (Å²) in [6.07, 6.45) is 0. The summed E-state index contributed by atoms with van der Waals surface area (Å²) in [6.45, 7) is 0.839. The molecule has 0 amide bonds. The number of halogens is 1. The highest BCUT2D eigenvalue weighted by Crippen LogP contribution is 2.18. The van der Waals surface area contributed by atoms with E-state index in [2.05, 4.69) is 39.0 Å². The Bertz CT molecular complexity index is 570. The van der Waals surface area contributed by atoms with E-state index >= 15 is 0 Å². The zero-order chi connectivity index (χ0) is 13.0. The SMILES string of the molecule is CN(Cc1cccc(Br)c1)c1ccc(C#N)cc1. The fourth-order valence-electron chi connectivity index (χ4n) is 1.79. The number of benzene rings is 2. The van der Waals surface area contributed by atoms with Crippen molar-refractivity contribution in [2.75, 3.05) is 11.9 Å². The quantitative estimate of drug-likeness (QED) is 0.858. The van der Waals surface area contributed by atoms with Crippen molar-refractivity contribution in [3.8, 4) is 6.07 Å². The van der Waals surface area contributed by atoms with Crippen LogP contribution in [0.3, 0.4) is 0 Å². The van der Waals surface area contributed by atoms with E-state index < -0.39 is 0 Å². The van der Waals surface area contributed by atoms with Gasteiger partial charge < -0.3 is 4.90 Å². The van der Waals surface area contributed by atoms with Crippen LogP contribution >= 0.6 is 15.9 Å². The minimum atomic E-state index is 0.689. The number of hydrogen-bond acceptors (Lipinski definition) is 2. The van der Waals surface area contributed by atoms with Gasteiger partial charge in [0.1, 0.15) is 0 Å². The third kappa shape index (κ3) is 3.12. The van der Waals surface area contributed by atoms with Crippen molar-refractivity contribution in [1.82, 2.24) is 0 Å². The van der Waals surface area contributed by atoms with Crippen LogP contribution in [-0.4, -0.2) is 7.05 Å². The highest BCUT2D eigenvalue weighted by molar-refractivity contribution is 9.10. The largest absolute Gasteiger partial charge is 0.370 e. The van der Waals surface area contributed by atoms with Crippen LogP contribution in [0.15, 0.2) is 53.0 Å². The molecular formula is C15H13BrN2. The lowest BCUT2D eigenvalue weighted by Crippen LogP contribution is -2.16. The van der Waals surface area contributed by atoms with Crippen molar-refractivity contribution in [3.05, 3.63) is 64.1 Å². The summed E-state index contributed by atoms with van der Waals surface area (Å²) >= 11 is 3.47. The van der Waals surface area contributed by atoms with Crippen LogP contribution in [0.1, 0.15) is 11.1 Å². The van der Waals surface area contributed by atoms with Crippen molar-refractivity contribution in [1.29, 1.82) is 5.26 Å². The van der Waals surface area contributed by atoms with Crippen LogP contribution in [0.5, 0.6) is 0 Å². The molecule has 3 heteroatoms. The van der Waals surface area contributed by atoms with Crippen LogP contribution in [0, 0.1) is 11.3 Å². The van der Waals surface area contributed by atoms with E-state index in [0.717, 1.165) is 16.7 Å². The van der Waals surface area contributed by atoms with Crippen LogP contribution in [0.25, 0.3) is 0 Å². The molecule has 90 valence electrons. The van der Waals surface area contributed by atoms with Gasteiger partial charge in [-0.25, -0.2) is 0 Å². The average molecular weight is 301 g/mol. The van der Waals surface area contributed by atoms with E-state index in [1.807, 2.05) is 43.4 Å². The number of nitriles is 1. The minimum absolute atomic E-state index is 0.689. The third-order valence-electron chi connectivity index (χ3n) is 2.75. The summed E-state index contributed by atoms with van der Waals surface area (Å²) in [6, 6.07) is 18.0. The molecule has 2 nitrogen and oxygen atoms in total. The van der Waals surface area contributed by atoms with Crippen LogP contribution in [-0.2, 0) is 6.54 Å². The molecule has 0 saturated heterocycles. The first-order valence-electron chi connectivity index (χ1n) is 5.65. The van der Waals surface area contributed by atoms with Gasteiger partial charge in [-0.1, -0.05) is 28.1 Å². The van der Waals surface area contributed by atoms with Gasteiger partial charge in [0.2, 0.25) is 0 Å². The van der Waals surface area contributed by atoms with Crippen molar-refractivity contribution in [2.45, 2.75) is 6.54 Å². The van der Waals surface area contributed by atoms with Gasteiger partial charge in [-0.2, -0.15) is 5.26 Å². The van der Waals surface area contributed by atoms with E-state index in [4.69, 9.17) is 5.26 Å². The summed E-state index contributed by atoms with van der Waals surface area (Å²) in [5, 5.41) is 8.76. The highest BCUT2D eigenvalue weighted by Gasteiger charge is 2.02. The zero-order valence-corrected chi connectivity index (χ0v) is 11.7. The Morgan fingerprint density at radius 2 is 1.89 bits per heavy atom. The monoisotopic (exact) mass is 300 g/mol. The molecule has 0 saturated carbocycles. The second-order valence-electron chi connectivity index (χ2n) is 4.14. The predicted molar refractivity (Wildman–Crippen MR) is 77.4 cm³/mol. The van der Waals surface area contributed by atoms with Gasteiger partial charge in [-0.15, -0.1) is 0 Å². The first-order valence-corrected chi connectivity index (χ1v) is 6.44. The number of anilines is 1. The normalized spacial score (nSPS) is 9.83. The minimum Gasteiger partial charge on any atom is -0.370 e. The number of nitrogens with zero attached hydrogens (tertiary/aromatic N) is 2. The Morgan fingerprint density at radius 1 is 1.17 bits per heavy atom. The van der Waals surface area contributed by atoms with Gasteiger partial charge in [0.05, 0.1) is 11.6 Å². The molecule has 0 fully saturated rings. The third-order valence-corrected chi connectivity index (χ3v) is 3.24. The summed E-state index contributed by atoms with van der Waals surface area (Å²) in [5.74, 6) is 0. The van der Waals surface area contributed by atoms with Crippen molar-refractivity contribution < 1.29 is 0 Å². The molecule has 0 atom stereocenters. The van der Waals surface area contributed by atoms with Gasteiger partial charge in [-0.05, 0) is 42.0 Å². The maximum atomic E-state index is 8.76. The molecule has 0 aromatic heterocycles. The molecular weight excluding hydrogens is 288 g/mol. The van der Waals surface area contributed by atoms with E-state index in [1.54, 1.807) is 0 Å². The topological polar surface area (TPSA) is 27.0 Å². The van der Waals surface area contributed by atoms with Crippen LogP contribution < -0.4 is 4.90 Å². The maximum Gasteiger partial charge on any atom is 0.0991 e. The van der Waals surface area contributed by atoms with Crippen molar-refractivity contribution in [3.63, 3.8) is 0 Å². The zero-order valence-electron chi connectivity index (χ0n) is 10.1. The Labute approximate surface area is 116 Å². The molecule has 0 aliphatic rings. The lowest BCUT2D eigenvalue weighted by Gasteiger charge is -2.19. The maximum absolute atomic E-state index is 8.76. The molecule has 2 aromatic carbocycles. The van der Waals surface area contributed by atoms with Gasteiger partial charge in [0.25, 0.3) is 0 Å². The fourth-order valence-corrected chi connectivity index (χ4v) is 2.24. The fraction of sp³-hybridized carbons (Fsp3) is 0.133. The molecule has 0 radical (unpaired) electrons. The summed E-state index contributed by atoms with van der Waals surface area (Å²) in [4.78, 5) is 2.16. The molecule has 0 spiro atoms. The summed E-state index contributed by atoms with van der Waals surface area (Å²) < 4.78 is 1.09. The molecule has 0 aliphatic carbocycles. The van der Waals surface area contributed by atoms with E-state index in [-0.39, 0.29) is 0 Å². The van der Waals surface area contributed by atoms with Gasteiger partial charge in [-0.3, -0.25) is 0 Å². The summed E-state index contributed by atoms with van der Waals surface area (Å²) in [7, 11) is 2.04. The molecule has 0 bridgehead atoms. The second-order valence-corrected chi connectivity index (χ2v) is 5.06. The highest BCUT2D eigenvalue weighted by atomic mass is 79.9. The molecule has 2 aromatic rings. The predicted octanol–water partition coefficient (Wildman–Crippen LogP) is 3.96. The Kier molecular flexibility index (Phi) is 4.01. The molecule has 18 heavy (non-hydrogen) atoms. The first-order chi connectivity index (χ1) is 8.69. The second kappa shape index (κ2) is 5.70. The molecule has 0 aliphatic heterocycles. The van der Waals surface area contributed by atoms with E-state index in [0.29, 0.717) is 5.56 Å². The number of hydrogen-bond donors (Lipinski definition) is 0. The lowest BCUT2D eigenvalue weighted by atomic mass is 10.2. The van der Waals surface area contributed by atoms with E-state index in [9.17, 15) is 0 Å². The van der Waals surface area contributed by atoms with Crippen molar-refractivity contribution >= 4 is 21.6 Å². The van der Waals surface area contributed by atoms with Crippen molar-refractivity contribution in [2.24, 2.45) is 0 Å². The number of rotatable bonds is 3. The summed E-state index contributed by atoms with van der Waals surface area (Å²) in [5.41, 5.74) is 3.04. The molecule has 0 unspecified atom stereocenters. The Morgan fingerprint density at radius 3 is 2.50 bits per heavy atom. The Balaban J connectivity index is 2.12. The Hall–Kier alpha value is -1.79. The average Bonchev–Trinajstić information content (AvgIpc) is 2.39.